The first-order chi connectivity index (χ1) is 8.97. The number of esters is 1. The monoisotopic (exact) mass is 261 g/mol. The second-order valence-electron chi connectivity index (χ2n) is 4.28. The maximum absolute atomic E-state index is 12.0. The van der Waals surface area contributed by atoms with Crippen molar-refractivity contribution in [3.05, 3.63) is 35.0 Å². The second kappa shape index (κ2) is 4.76. The lowest BCUT2D eigenvalue weighted by Gasteiger charge is -2.02. The fourth-order valence-electron chi connectivity index (χ4n) is 2.17. The summed E-state index contributed by atoms with van der Waals surface area (Å²) < 4.78 is 6.89. The Balaban J connectivity index is 2.73. The van der Waals surface area contributed by atoms with E-state index in [1.54, 1.807) is 13.0 Å². The summed E-state index contributed by atoms with van der Waals surface area (Å²) in [5.74, 6) is -1.44. The van der Waals surface area contributed by atoms with Crippen LogP contribution in [0.25, 0.3) is 10.9 Å². The molecule has 0 saturated carbocycles. The van der Waals surface area contributed by atoms with Crippen LogP contribution in [0.2, 0.25) is 0 Å². The van der Waals surface area contributed by atoms with Crippen LogP contribution in [0.3, 0.4) is 0 Å². The highest BCUT2D eigenvalue weighted by molar-refractivity contribution is 6.07. The summed E-state index contributed by atoms with van der Waals surface area (Å²) >= 11 is 0. The molecule has 0 amide bonds. The molecule has 0 saturated heterocycles. The second-order valence-corrected chi connectivity index (χ2v) is 4.28. The first-order valence-corrected chi connectivity index (χ1v) is 5.96. The number of nitrogens with zero attached hydrogens (tertiary/aromatic N) is 1. The largest absolute Gasteiger partial charge is 0.478 e. The zero-order valence-corrected chi connectivity index (χ0v) is 11.1. The fraction of sp³-hybridized carbons (Fsp3) is 0.286. The maximum atomic E-state index is 12.0. The summed E-state index contributed by atoms with van der Waals surface area (Å²) in [6.45, 7) is 3.83. The number of ether oxygens (including phenoxy) is 1. The Morgan fingerprint density at radius 3 is 2.63 bits per heavy atom. The topological polar surface area (TPSA) is 68.5 Å². The van der Waals surface area contributed by atoms with E-state index >= 15 is 0 Å². The summed E-state index contributed by atoms with van der Waals surface area (Å²) in [4.78, 5) is 23.0. The van der Waals surface area contributed by atoms with Crippen molar-refractivity contribution in [2.75, 3.05) is 6.61 Å². The van der Waals surface area contributed by atoms with E-state index in [0.717, 1.165) is 11.2 Å². The van der Waals surface area contributed by atoms with Crippen LogP contribution in [0.4, 0.5) is 0 Å². The third kappa shape index (κ3) is 2.07. The van der Waals surface area contributed by atoms with Crippen molar-refractivity contribution in [1.82, 2.24) is 4.57 Å². The molecule has 0 atom stereocenters. The first-order valence-electron chi connectivity index (χ1n) is 5.96. The number of rotatable bonds is 3. The fourth-order valence-corrected chi connectivity index (χ4v) is 2.17. The van der Waals surface area contributed by atoms with Crippen LogP contribution in [-0.4, -0.2) is 28.2 Å². The molecule has 0 aliphatic rings. The summed E-state index contributed by atoms with van der Waals surface area (Å²) in [5, 5.41) is 9.64. The van der Waals surface area contributed by atoms with Crippen LogP contribution in [-0.2, 0) is 11.8 Å². The molecule has 0 aliphatic carbocycles. The predicted octanol–water partition coefficient (Wildman–Crippen LogP) is 2.36. The van der Waals surface area contributed by atoms with Crippen molar-refractivity contribution < 1.29 is 19.4 Å². The van der Waals surface area contributed by atoms with Crippen LogP contribution < -0.4 is 0 Å². The molecule has 5 heteroatoms. The molecule has 0 radical (unpaired) electrons. The van der Waals surface area contributed by atoms with E-state index in [1.807, 2.05) is 18.5 Å². The third-order valence-electron chi connectivity index (χ3n) is 3.22. The van der Waals surface area contributed by atoms with Crippen LogP contribution in [0.15, 0.2) is 18.2 Å². The molecule has 1 aromatic heterocycles. The Labute approximate surface area is 110 Å². The molecule has 0 unspecified atom stereocenters. The van der Waals surface area contributed by atoms with Crippen LogP contribution in [0.5, 0.6) is 0 Å². The van der Waals surface area contributed by atoms with Gasteiger partial charge in [-0.15, -0.1) is 0 Å². The number of carbonyl (C=O) groups is 2. The van der Waals surface area contributed by atoms with Crippen molar-refractivity contribution in [2.45, 2.75) is 13.8 Å². The molecule has 0 fully saturated rings. The lowest BCUT2D eigenvalue weighted by molar-refractivity contribution is 0.0526. The van der Waals surface area contributed by atoms with E-state index in [4.69, 9.17) is 9.84 Å². The van der Waals surface area contributed by atoms with Crippen molar-refractivity contribution in [2.24, 2.45) is 7.05 Å². The minimum Gasteiger partial charge on any atom is -0.478 e. The number of benzene rings is 1. The molecule has 0 spiro atoms. The molecule has 19 heavy (non-hydrogen) atoms. The van der Waals surface area contributed by atoms with Gasteiger partial charge in [-0.05, 0) is 32.0 Å². The zero-order chi connectivity index (χ0) is 14.2. The number of fused-ring (bicyclic) bond motifs is 1. The number of carboxylic acids is 1. The highest BCUT2D eigenvalue weighted by atomic mass is 16.5. The Morgan fingerprint density at radius 2 is 2.05 bits per heavy atom. The quantitative estimate of drug-likeness (QED) is 0.861. The summed E-state index contributed by atoms with van der Waals surface area (Å²) in [6.07, 6.45) is 0. The smallest absolute Gasteiger partial charge is 0.340 e. The highest BCUT2D eigenvalue weighted by Crippen LogP contribution is 2.26. The lowest BCUT2D eigenvalue weighted by Crippen LogP contribution is -2.06. The van der Waals surface area contributed by atoms with Gasteiger partial charge in [-0.3, -0.25) is 0 Å². The number of hydrogen-bond donors (Lipinski definition) is 1. The Bertz CT molecular complexity index is 670. The third-order valence-corrected chi connectivity index (χ3v) is 3.22. The first kappa shape index (κ1) is 13.1. The normalized spacial score (nSPS) is 10.7. The molecule has 1 aromatic carbocycles. The number of aryl methyl sites for hydroxylation is 1. The van der Waals surface area contributed by atoms with E-state index in [-0.39, 0.29) is 12.2 Å². The van der Waals surface area contributed by atoms with Crippen molar-refractivity contribution in [3.8, 4) is 0 Å². The minimum absolute atomic E-state index is 0.156. The predicted molar refractivity (Wildman–Crippen MR) is 70.6 cm³/mol. The average Bonchev–Trinajstić information content (AvgIpc) is 2.62. The molecule has 2 rings (SSSR count). The van der Waals surface area contributed by atoms with Gasteiger partial charge in [0.15, 0.2) is 0 Å². The van der Waals surface area contributed by atoms with Gasteiger partial charge in [-0.2, -0.15) is 0 Å². The molecule has 1 heterocycles. The maximum Gasteiger partial charge on any atom is 0.340 e. The summed E-state index contributed by atoms with van der Waals surface area (Å²) in [6, 6.07) is 4.74. The molecule has 1 N–H and O–H groups in total. The van der Waals surface area contributed by atoms with Crippen molar-refractivity contribution in [1.29, 1.82) is 0 Å². The van der Waals surface area contributed by atoms with Gasteiger partial charge in [0.25, 0.3) is 0 Å². The average molecular weight is 261 g/mol. The van der Waals surface area contributed by atoms with Crippen LogP contribution in [0.1, 0.15) is 33.3 Å². The molecule has 100 valence electrons. The number of carboxylic acid groups (broad SMARTS) is 1. The van der Waals surface area contributed by atoms with E-state index < -0.39 is 11.9 Å². The van der Waals surface area contributed by atoms with Gasteiger partial charge in [-0.1, -0.05) is 0 Å². The summed E-state index contributed by atoms with van der Waals surface area (Å²) in [5.41, 5.74) is 2.16. The number of aromatic carboxylic acids is 1. The van der Waals surface area contributed by atoms with Gasteiger partial charge in [0, 0.05) is 23.6 Å². The zero-order valence-electron chi connectivity index (χ0n) is 11.1. The minimum atomic E-state index is -1.02. The van der Waals surface area contributed by atoms with Crippen LogP contribution in [0, 0.1) is 6.92 Å². The number of carbonyl (C=O) groups excluding carboxylic acids is 1. The number of hydrogen-bond acceptors (Lipinski definition) is 3. The van der Waals surface area contributed by atoms with Crippen LogP contribution >= 0.6 is 0 Å². The molecule has 0 bridgehead atoms. The SMILES string of the molecule is CCOC(=O)c1c(C)n(C)c2ccc(C(=O)O)cc12. The standard InChI is InChI=1S/C14H15NO4/c1-4-19-14(18)12-8(2)15(3)11-6-5-9(13(16)17)7-10(11)12/h5-7H,4H2,1-3H3,(H,16,17). The van der Waals surface area contributed by atoms with Gasteiger partial charge in [-0.25, -0.2) is 9.59 Å². The van der Waals surface area contributed by atoms with Gasteiger partial charge in [0.1, 0.15) is 0 Å². The Hall–Kier alpha value is -2.30. The molecule has 5 nitrogen and oxygen atoms in total. The van der Waals surface area contributed by atoms with Crippen molar-refractivity contribution >= 4 is 22.8 Å². The van der Waals surface area contributed by atoms with Crippen molar-refractivity contribution in [3.63, 3.8) is 0 Å². The summed E-state index contributed by atoms with van der Waals surface area (Å²) in [7, 11) is 1.83. The lowest BCUT2D eigenvalue weighted by atomic mass is 10.1. The number of aromatic nitrogens is 1. The Kier molecular flexibility index (Phi) is 3.29. The van der Waals surface area contributed by atoms with E-state index in [1.165, 1.54) is 12.1 Å². The molecular formula is C14H15NO4. The van der Waals surface area contributed by atoms with Gasteiger partial charge in [0.05, 0.1) is 17.7 Å². The molecule has 0 aliphatic heterocycles. The molecule has 2 aromatic rings. The van der Waals surface area contributed by atoms with Gasteiger partial charge in [0.2, 0.25) is 0 Å². The van der Waals surface area contributed by atoms with E-state index in [0.29, 0.717) is 10.9 Å². The Morgan fingerprint density at radius 1 is 1.37 bits per heavy atom. The highest BCUT2D eigenvalue weighted by Gasteiger charge is 2.20. The van der Waals surface area contributed by atoms with Gasteiger partial charge < -0.3 is 14.4 Å². The van der Waals surface area contributed by atoms with E-state index in [9.17, 15) is 9.59 Å². The van der Waals surface area contributed by atoms with E-state index in [2.05, 4.69) is 0 Å². The van der Waals surface area contributed by atoms with Gasteiger partial charge >= 0.3 is 11.9 Å². The molecular weight excluding hydrogens is 246 g/mol.